The normalized spacial score (nSPS) is 13.1. The van der Waals surface area contributed by atoms with Crippen LogP contribution in [0.1, 0.15) is 0 Å². The second kappa shape index (κ2) is 9.36. The molecule has 0 unspecified atom stereocenters. The van der Waals surface area contributed by atoms with Crippen molar-refractivity contribution in [2.24, 2.45) is 0 Å². The molecule has 0 atom stereocenters. The lowest BCUT2D eigenvalue weighted by atomic mass is 10.9. The van der Waals surface area contributed by atoms with Crippen molar-refractivity contribution in [2.45, 2.75) is 18.1 Å². The first-order valence-electron chi connectivity index (χ1n) is 6.38. The second-order valence-corrected chi connectivity index (χ2v) is 17.4. The fraction of sp³-hybridized carbons (Fsp3) is 1.00. The maximum atomic E-state index is 15.0. The highest BCUT2D eigenvalue weighted by Crippen LogP contribution is 2.39. The number of hydrogen-bond acceptors (Lipinski definition) is 0. The van der Waals surface area contributed by atoms with E-state index in [0.29, 0.717) is 0 Å². The van der Waals surface area contributed by atoms with Crippen molar-refractivity contribution in [3.05, 3.63) is 0 Å². The average molecular weight is 314 g/mol. The number of hydrogen-bond donors (Lipinski definition) is 0. The minimum Gasteiger partial charge on any atom is -0.314 e. The van der Waals surface area contributed by atoms with E-state index in [2.05, 4.69) is 40.0 Å². The first-order valence-corrected chi connectivity index (χ1v) is 16.1. The summed E-state index contributed by atoms with van der Waals surface area (Å²) >= 11 is 0. The summed E-state index contributed by atoms with van der Waals surface area (Å²) in [4.78, 5) is 0. The number of rotatable bonds is 9. The van der Waals surface area contributed by atoms with E-state index >= 15 is 4.11 Å². The monoisotopic (exact) mass is 314 g/mol. The Bertz CT molecular complexity index is 167. The Morgan fingerprint density at radius 3 is 1.06 bits per heavy atom. The van der Waals surface area contributed by atoms with E-state index in [1.165, 1.54) is 0 Å². The van der Waals surface area contributed by atoms with E-state index in [9.17, 15) is 0 Å². The first kappa shape index (κ1) is 18.4. The molecule has 0 aromatic rings. The van der Waals surface area contributed by atoms with Crippen LogP contribution in [-0.2, 0) is 0 Å². The summed E-state index contributed by atoms with van der Waals surface area (Å²) in [6.07, 6.45) is 3.48. The molecule has 0 aromatic heterocycles. The molecule has 0 N–H and O–H groups in total. The fourth-order valence-corrected chi connectivity index (χ4v) is 12.6. The molecule has 0 bridgehead atoms. The molecule has 0 aromatic carbocycles. The molecule has 5 heteroatoms. The minimum absolute atomic E-state index is 0.0884. The molecular weight excluding hydrogens is 284 g/mol. The van der Waals surface area contributed by atoms with E-state index in [-0.39, 0.29) is 23.8 Å². The van der Waals surface area contributed by atoms with Gasteiger partial charge in [-0.2, -0.15) is 0 Å². The zero-order valence-corrected chi connectivity index (χ0v) is 16.1. The van der Waals surface area contributed by atoms with Crippen LogP contribution >= 0.6 is 23.8 Å². The quantitative estimate of drug-likeness (QED) is 0.314. The average Bonchev–Trinajstić information content (AvgIpc) is 2.21. The van der Waals surface area contributed by atoms with Crippen molar-refractivity contribution in [1.29, 1.82) is 0 Å². The van der Waals surface area contributed by atoms with Gasteiger partial charge in [-0.3, -0.25) is 0 Å². The van der Waals surface area contributed by atoms with Gasteiger partial charge < -0.3 is 4.11 Å². The third-order valence-electron chi connectivity index (χ3n) is 3.02. The smallest absolute Gasteiger partial charge is 0.248 e. The molecule has 104 valence electrons. The Morgan fingerprint density at radius 2 is 0.882 bits per heavy atom. The standard InChI is InChI=1S/C12H30FP3Si/c1-14(2)7-10-17(13,11-8-15(3)4)12-9-16(5)6/h7-12H2,1-6H3. The molecule has 0 heterocycles. The van der Waals surface area contributed by atoms with E-state index in [0.717, 1.165) is 36.6 Å². The molecule has 0 aliphatic rings. The van der Waals surface area contributed by atoms with Gasteiger partial charge in [0.2, 0.25) is 8.41 Å². The van der Waals surface area contributed by atoms with Gasteiger partial charge in [0.25, 0.3) is 0 Å². The highest BCUT2D eigenvalue weighted by Gasteiger charge is 2.33. The van der Waals surface area contributed by atoms with Crippen molar-refractivity contribution in [3.63, 3.8) is 0 Å². The van der Waals surface area contributed by atoms with Crippen molar-refractivity contribution < 1.29 is 4.11 Å². The molecule has 0 radical (unpaired) electrons. The van der Waals surface area contributed by atoms with Gasteiger partial charge in [0.1, 0.15) is 0 Å². The van der Waals surface area contributed by atoms with Gasteiger partial charge in [-0.05, 0) is 76.6 Å². The van der Waals surface area contributed by atoms with E-state index in [1.807, 2.05) is 0 Å². The summed E-state index contributed by atoms with van der Waals surface area (Å²) < 4.78 is 15.0. The largest absolute Gasteiger partial charge is 0.314 e. The van der Waals surface area contributed by atoms with Gasteiger partial charge in [-0.15, -0.1) is 23.8 Å². The fourth-order valence-electron chi connectivity index (χ4n) is 1.65. The Kier molecular flexibility index (Phi) is 10.1. The van der Waals surface area contributed by atoms with E-state index < -0.39 is 8.41 Å². The minimum atomic E-state index is -2.39. The number of halogens is 1. The summed E-state index contributed by atoms with van der Waals surface area (Å²) in [5, 5.41) is 0. The maximum absolute atomic E-state index is 15.0. The summed E-state index contributed by atoms with van der Waals surface area (Å²) in [6.45, 7) is 13.7. The van der Waals surface area contributed by atoms with Crippen LogP contribution in [0.2, 0.25) is 18.1 Å². The molecular formula is C12H30FP3Si. The summed E-state index contributed by atoms with van der Waals surface area (Å²) in [5.74, 6) is 0. The molecule has 17 heavy (non-hydrogen) atoms. The Labute approximate surface area is 113 Å². The Morgan fingerprint density at radius 1 is 0.647 bits per heavy atom. The molecule has 0 aliphatic heterocycles. The van der Waals surface area contributed by atoms with Crippen LogP contribution in [0.4, 0.5) is 4.11 Å². The molecule has 0 spiro atoms. The predicted octanol–water partition coefficient (Wildman–Crippen LogP) is 5.13. The van der Waals surface area contributed by atoms with Crippen molar-refractivity contribution in [1.82, 2.24) is 0 Å². The van der Waals surface area contributed by atoms with Gasteiger partial charge in [0.05, 0.1) is 0 Å². The van der Waals surface area contributed by atoms with E-state index in [4.69, 9.17) is 0 Å². The lowest BCUT2D eigenvalue weighted by Gasteiger charge is -2.25. The lowest BCUT2D eigenvalue weighted by Crippen LogP contribution is -2.31. The van der Waals surface area contributed by atoms with Crippen LogP contribution in [0, 0.1) is 0 Å². The third-order valence-corrected chi connectivity index (χ3v) is 11.1. The van der Waals surface area contributed by atoms with Gasteiger partial charge in [0, 0.05) is 0 Å². The van der Waals surface area contributed by atoms with Crippen LogP contribution < -0.4 is 0 Å². The van der Waals surface area contributed by atoms with Crippen LogP contribution in [-0.4, -0.2) is 66.9 Å². The highest BCUT2D eigenvalue weighted by molar-refractivity contribution is 7.57. The zero-order chi connectivity index (χ0) is 13.5. The predicted molar refractivity (Wildman–Crippen MR) is 92.2 cm³/mol. The third kappa shape index (κ3) is 11.0. The summed E-state index contributed by atoms with van der Waals surface area (Å²) in [6, 6.07) is 2.83. The van der Waals surface area contributed by atoms with Gasteiger partial charge in [-0.25, -0.2) is 0 Å². The molecule has 0 fully saturated rings. The van der Waals surface area contributed by atoms with E-state index in [1.54, 1.807) is 0 Å². The second-order valence-electron chi connectivity index (χ2n) is 5.81. The molecule has 0 aliphatic carbocycles. The zero-order valence-electron chi connectivity index (χ0n) is 12.5. The van der Waals surface area contributed by atoms with Gasteiger partial charge in [-0.1, -0.05) is 0 Å². The van der Waals surface area contributed by atoms with Crippen LogP contribution in [0.25, 0.3) is 0 Å². The van der Waals surface area contributed by atoms with Crippen LogP contribution in [0.15, 0.2) is 0 Å². The Hall–Kier alpha value is 1.44. The van der Waals surface area contributed by atoms with Crippen molar-refractivity contribution in [2.75, 3.05) is 58.5 Å². The summed E-state index contributed by atoms with van der Waals surface area (Å²) in [7, 11) is -2.12. The first-order chi connectivity index (χ1) is 7.75. The van der Waals surface area contributed by atoms with Crippen molar-refractivity contribution >= 4 is 32.2 Å². The van der Waals surface area contributed by atoms with Crippen molar-refractivity contribution in [3.8, 4) is 0 Å². The molecule has 0 amide bonds. The Balaban J connectivity index is 4.23. The SMILES string of the molecule is CP(C)CC[Si](F)(CCP(C)C)CCP(C)C. The van der Waals surface area contributed by atoms with Gasteiger partial charge in [0.15, 0.2) is 0 Å². The molecule has 0 saturated heterocycles. The highest BCUT2D eigenvalue weighted by atomic mass is 31.1. The lowest BCUT2D eigenvalue weighted by molar-refractivity contribution is 0.756. The van der Waals surface area contributed by atoms with Crippen LogP contribution in [0.5, 0.6) is 0 Å². The van der Waals surface area contributed by atoms with Gasteiger partial charge >= 0.3 is 0 Å². The molecule has 0 nitrogen and oxygen atoms in total. The summed E-state index contributed by atoms with van der Waals surface area (Å²) in [5.41, 5.74) is 0. The van der Waals surface area contributed by atoms with Crippen LogP contribution in [0.3, 0.4) is 0 Å². The topological polar surface area (TPSA) is 0 Å². The molecule has 0 rings (SSSR count). The molecule has 0 saturated carbocycles. The maximum Gasteiger partial charge on any atom is 0.248 e.